The molecule has 0 saturated carbocycles. The third-order valence-electron chi connectivity index (χ3n) is 5.01. The summed E-state index contributed by atoms with van der Waals surface area (Å²) in [5.74, 6) is -0.0375. The quantitative estimate of drug-likeness (QED) is 0.381. The van der Waals surface area contributed by atoms with Gasteiger partial charge < -0.3 is 0 Å². The Morgan fingerprint density at radius 1 is 1.03 bits per heavy atom. The number of benzene rings is 2. The summed E-state index contributed by atoms with van der Waals surface area (Å²) < 4.78 is 1.60. The van der Waals surface area contributed by atoms with Crippen LogP contribution >= 0.6 is 11.8 Å². The molecule has 1 atom stereocenters. The molecule has 8 heteroatoms. The molecule has 0 fully saturated rings. The lowest BCUT2D eigenvalue weighted by Gasteiger charge is -2.18. The maximum Gasteiger partial charge on any atom is 0.266 e. The van der Waals surface area contributed by atoms with Crippen LogP contribution in [0.3, 0.4) is 0 Å². The van der Waals surface area contributed by atoms with E-state index in [1.165, 1.54) is 11.8 Å². The molecule has 0 spiro atoms. The Kier molecular flexibility index (Phi) is 5.81. The van der Waals surface area contributed by atoms with Gasteiger partial charge in [0.05, 0.1) is 21.8 Å². The Hall–Kier alpha value is -3.52. The van der Waals surface area contributed by atoms with Crippen molar-refractivity contribution in [3.8, 4) is 5.69 Å². The smallest absolute Gasteiger partial charge is 0.266 e. The lowest BCUT2D eigenvalue weighted by molar-refractivity contribution is -0.115. The van der Waals surface area contributed by atoms with Crippen molar-refractivity contribution in [2.24, 2.45) is 0 Å². The number of nitrogens with one attached hydrogen (secondary N) is 1. The summed E-state index contributed by atoms with van der Waals surface area (Å²) in [6.07, 6.45) is 3.12. The number of carbonyl (C=O) groups is 1. The molecule has 1 unspecified atom stereocenters. The number of para-hydroxylation sites is 1. The van der Waals surface area contributed by atoms with Crippen LogP contribution in [0.2, 0.25) is 0 Å². The molecule has 0 bridgehead atoms. The lowest BCUT2D eigenvalue weighted by atomic mass is 10.1. The van der Waals surface area contributed by atoms with Crippen molar-refractivity contribution in [2.45, 2.75) is 31.2 Å². The molecule has 0 aliphatic carbocycles. The van der Waals surface area contributed by atoms with Crippen molar-refractivity contribution in [1.29, 1.82) is 0 Å². The van der Waals surface area contributed by atoms with E-state index in [2.05, 4.69) is 15.3 Å². The number of nitrogens with zero attached hydrogens (tertiary/aromatic N) is 4. The Bertz CT molecular complexity index is 1320. The molecule has 2 aromatic carbocycles. The monoisotopic (exact) mass is 431 g/mol. The predicted molar refractivity (Wildman–Crippen MR) is 123 cm³/mol. The van der Waals surface area contributed by atoms with E-state index in [4.69, 9.17) is 4.98 Å². The Balaban J connectivity index is 1.78. The van der Waals surface area contributed by atoms with Crippen LogP contribution in [0.25, 0.3) is 16.6 Å². The third kappa shape index (κ3) is 4.20. The first-order chi connectivity index (χ1) is 15.0. The van der Waals surface area contributed by atoms with E-state index in [1.807, 2.05) is 44.2 Å². The molecule has 2 aromatic heterocycles. The number of aryl methyl sites for hydroxylation is 1. The maximum absolute atomic E-state index is 13.4. The van der Waals surface area contributed by atoms with E-state index >= 15 is 0 Å². The van der Waals surface area contributed by atoms with Crippen LogP contribution in [-0.4, -0.2) is 30.7 Å². The molecule has 4 rings (SSSR count). The topological polar surface area (TPSA) is 89.8 Å². The Morgan fingerprint density at radius 3 is 2.55 bits per heavy atom. The highest BCUT2D eigenvalue weighted by Crippen LogP contribution is 2.27. The molecule has 31 heavy (non-hydrogen) atoms. The van der Waals surface area contributed by atoms with Crippen molar-refractivity contribution in [3.05, 3.63) is 82.4 Å². The summed E-state index contributed by atoms with van der Waals surface area (Å²) in [5.41, 5.74) is 3.24. The normalized spacial score (nSPS) is 12.0. The van der Waals surface area contributed by atoms with Gasteiger partial charge in [-0.2, -0.15) is 0 Å². The van der Waals surface area contributed by atoms with Crippen molar-refractivity contribution in [1.82, 2.24) is 19.5 Å². The molecule has 1 N–H and O–H groups in total. The van der Waals surface area contributed by atoms with Gasteiger partial charge in [-0.25, -0.2) is 15.0 Å². The first kappa shape index (κ1) is 20.7. The fraction of sp³-hybridized carbons (Fsp3) is 0.174. The van der Waals surface area contributed by atoms with Gasteiger partial charge in [0, 0.05) is 12.4 Å². The minimum absolute atomic E-state index is 0.166. The number of amides is 1. The van der Waals surface area contributed by atoms with E-state index in [0.29, 0.717) is 16.1 Å². The lowest BCUT2D eigenvalue weighted by Crippen LogP contribution is -2.27. The summed E-state index contributed by atoms with van der Waals surface area (Å²) in [5, 5.41) is 3.15. The first-order valence-corrected chi connectivity index (χ1v) is 10.7. The van der Waals surface area contributed by atoms with Crippen molar-refractivity contribution < 1.29 is 4.79 Å². The number of hydrogen-bond donors (Lipinski definition) is 1. The molecule has 0 radical (unpaired) electrons. The second-order valence-electron chi connectivity index (χ2n) is 7.09. The summed E-state index contributed by atoms with van der Waals surface area (Å²) in [6, 6.07) is 14.7. The fourth-order valence-electron chi connectivity index (χ4n) is 3.17. The highest BCUT2D eigenvalue weighted by molar-refractivity contribution is 8.00. The zero-order valence-corrected chi connectivity index (χ0v) is 18.2. The number of carbonyl (C=O) groups excluding carboxylic acids is 1. The Labute approximate surface area is 183 Å². The molecular formula is C23H21N5O2S. The molecule has 1 amide bonds. The van der Waals surface area contributed by atoms with E-state index in [1.54, 1.807) is 42.1 Å². The van der Waals surface area contributed by atoms with Crippen LogP contribution < -0.4 is 10.9 Å². The second-order valence-corrected chi connectivity index (χ2v) is 8.40. The summed E-state index contributed by atoms with van der Waals surface area (Å²) in [4.78, 5) is 38.9. The number of rotatable bonds is 5. The molecule has 7 nitrogen and oxygen atoms in total. The maximum atomic E-state index is 13.4. The van der Waals surface area contributed by atoms with Gasteiger partial charge in [0.25, 0.3) is 5.56 Å². The number of thioether (sulfide) groups is 1. The van der Waals surface area contributed by atoms with Crippen molar-refractivity contribution >= 4 is 34.5 Å². The molecule has 4 aromatic rings. The summed E-state index contributed by atoms with van der Waals surface area (Å²) in [6.45, 7) is 5.74. The van der Waals surface area contributed by atoms with Gasteiger partial charge in [-0.1, -0.05) is 36.0 Å². The van der Waals surface area contributed by atoms with E-state index in [9.17, 15) is 9.59 Å². The van der Waals surface area contributed by atoms with Gasteiger partial charge in [0.1, 0.15) is 0 Å². The molecule has 0 saturated heterocycles. The number of hydrogen-bond acceptors (Lipinski definition) is 6. The van der Waals surface area contributed by atoms with Crippen LogP contribution in [-0.2, 0) is 4.79 Å². The van der Waals surface area contributed by atoms with Crippen molar-refractivity contribution in [3.63, 3.8) is 0 Å². The minimum atomic E-state index is -0.534. The summed E-state index contributed by atoms with van der Waals surface area (Å²) >= 11 is 1.22. The average molecular weight is 432 g/mol. The van der Waals surface area contributed by atoms with E-state index in [0.717, 1.165) is 16.8 Å². The fourth-order valence-corrected chi connectivity index (χ4v) is 4.09. The molecule has 156 valence electrons. The highest BCUT2D eigenvalue weighted by atomic mass is 32.2. The van der Waals surface area contributed by atoms with Crippen LogP contribution in [0.4, 0.5) is 5.95 Å². The third-order valence-corrected chi connectivity index (χ3v) is 6.07. The van der Waals surface area contributed by atoms with Gasteiger partial charge in [0.2, 0.25) is 11.9 Å². The predicted octanol–water partition coefficient (Wildman–Crippen LogP) is 3.91. The van der Waals surface area contributed by atoms with Gasteiger partial charge in [0.15, 0.2) is 5.16 Å². The van der Waals surface area contributed by atoms with E-state index < -0.39 is 5.25 Å². The summed E-state index contributed by atoms with van der Waals surface area (Å²) in [7, 11) is 0. The minimum Gasteiger partial charge on any atom is -0.294 e. The van der Waals surface area contributed by atoms with Crippen LogP contribution in [0, 0.1) is 13.8 Å². The average Bonchev–Trinajstić information content (AvgIpc) is 2.77. The highest BCUT2D eigenvalue weighted by Gasteiger charge is 2.21. The molecule has 2 heterocycles. The zero-order valence-electron chi connectivity index (χ0n) is 17.4. The van der Waals surface area contributed by atoms with Crippen LogP contribution in [0.1, 0.15) is 18.1 Å². The SMILES string of the molecule is Cc1cccc(-n2c(SC(C)C(=O)Nc3ncccn3)nc3ccccc3c2=O)c1C. The second kappa shape index (κ2) is 8.69. The van der Waals surface area contributed by atoms with Crippen LogP contribution in [0.15, 0.2) is 70.9 Å². The first-order valence-electron chi connectivity index (χ1n) is 9.78. The Morgan fingerprint density at radius 2 is 1.77 bits per heavy atom. The number of fused-ring (bicyclic) bond motifs is 1. The number of aromatic nitrogens is 4. The number of anilines is 1. The largest absolute Gasteiger partial charge is 0.294 e. The van der Waals surface area contributed by atoms with Crippen molar-refractivity contribution in [2.75, 3.05) is 5.32 Å². The molecule has 0 aliphatic rings. The van der Waals surface area contributed by atoms with Gasteiger partial charge in [-0.05, 0) is 56.2 Å². The van der Waals surface area contributed by atoms with Gasteiger partial charge in [-0.3, -0.25) is 19.5 Å². The standard InChI is InChI=1S/C23H21N5O2S/c1-14-8-6-11-19(15(14)2)28-21(30)17-9-4-5-10-18(17)26-23(28)31-16(3)20(29)27-22-24-12-7-13-25-22/h4-13,16H,1-3H3,(H,24,25,27,29). The zero-order chi connectivity index (χ0) is 22.0. The molecular weight excluding hydrogens is 410 g/mol. The van der Waals surface area contributed by atoms with Gasteiger partial charge >= 0.3 is 0 Å². The van der Waals surface area contributed by atoms with Crippen LogP contribution in [0.5, 0.6) is 0 Å². The van der Waals surface area contributed by atoms with E-state index in [-0.39, 0.29) is 17.4 Å². The van der Waals surface area contributed by atoms with Gasteiger partial charge in [-0.15, -0.1) is 0 Å². The molecule has 0 aliphatic heterocycles.